The molecule has 0 aromatic rings. The third-order valence-electron chi connectivity index (χ3n) is 0.462. The van der Waals surface area contributed by atoms with Crippen LogP contribution in [0.1, 0.15) is 0 Å². The summed E-state index contributed by atoms with van der Waals surface area (Å²) in [6.07, 6.45) is 0. The smallest absolute Gasteiger partial charge is 0.0605 e. The molecule has 0 aromatic heterocycles. The highest BCUT2D eigenvalue weighted by Gasteiger charge is 1.77. The molecule has 0 unspecified atom stereocenters. The van der Waals surface area contributed by atoms with Crippen LogP contribution in [0.15, 0.2) is 0 Å². The van der Waals surface area contributed by atoms with E-state index in [4.69, 9.17) is 0 Å². The molecule has 0 spiro atoms. The fraction of sp³-hybridized carbons (Fsp3) is 0.600. The molecule has 0 heterocycles. The second-order valence-corrected chi connectivity index (χ2v) is 1.91. The van der Waals surface area contributed by atoms with Gasteiger partial charge < -0.3 is 0 Å². The van der Waals surface area contributed by atoms with E-state index in [1.165, 1.54) is 0 Å². The largest absolute Gasteiger partial charge is 0.298 e. The van der Waals surface area contributed by atoms with Crippen LogP contribution in [-0.4, -0.2) is 25.5 Å². The molecule has 0 aromatic carbocycles. The highest BCUT2D eigenvalue weighted by molar-refractivity contribution is 9.12. The van der Waals surface area contributed by atoms with Gasteiger partial charge in [-0.25, -0.2) is 0 Å². The van der Waals surface area contributed by atoms with Gasteiger partial charge in [0.05, 0.1) is 6.54 Å². The summed E-state index contributed by atoms with van der Waals surface area (Å²) in [4.78, 5) is 4.63. The lowest BCUT2D eigenvalue weighted by Gasteiger charge is -1.99. The molecule has 40 valence electrons. The molecule has 0 saturated carbocycles. The number of nitrogens with zero attached hydrogens (tertiary/aromatic N) is 1. The van der Waals surface area contributed by atoms with Gasteiger partial charge in [0.2, 0.25) is 0 Å². The van der Waals surface area contributed by atoms with Crippen molar-refractivity contribution in [2.75, 3.05) is 20.6 Å². The van der Waals surface area contributed by atoms with Crippen LogP contribution in [-0.2, 0) is 0 Å². The second kappa shape index (κ2) is 4.17. The molecule has 0 bridgehead atoms. The number of hydrogen-bond donors (Lipinski definition) is 0. The van der Waals surface area contributed by atoms with Crippen LogP contribution in [0.25, 0.3) is 0 Å². The standard InChI is InChI=1S/C5H8BrN/c1-7(2)5-3-4-6/h5H2,1-2H3. The molecule has 0 saturated heterocycles. The van der Waals surface area contributed by atoms with Crippen LogP contribution in [0.4, 0.5) is 0 Å². The van der Waals surface area contributed by atoms with E-state index in [1.807, 2.05) is 19.0 Å². The first kappa shape index (κ1) is 7.00. The Hall–Kier alpha value is 0. The van der Waals surface area contributed by atoms with Crippen molar-refractivity contribution in [3.63, 3.8) is 0 Å². The molecule has 0 radical (unpaired) electrons. The van der Waals surface area contributed by atoms with E-state index in [9.17, 15) is 0 Å². The Morgan fingerprint density at radius 1 is 1.57 bits per heavy atom. The molecule has 0 rings (SSSR count). The van der Waals surface area contributed by atoms with Gasteiger partial charge in [-0.2, -0.15) is 0 Å². The molecule has 1 nitrogen and oxygen atoms in total. The second-order valence-electron chi connectivity index (χ2n) is 1.51. The lowest BCUT2D eigenvalue weighted by molar-refractivity contribution is 0.464. The predicted molar refractivity (Wildman–Crippen MR) is 35.3 cm³/mol. The fourth-order valence-corrected chi connectivity index (χ4v) is 0.313. The molecular weight excluding hydrogens is 154 g/mol. The van der Waals surface area contributed by atoms with Crippen molar-refractivity contribution in [1.29, 1.82) is 0 Å². The fourth-order valence-electron chi connectivity index (χ4n) is 0.188. The minimum atomic E-state index is 0.825. The van der Waals surface area contributed by atoms with Crippen molar-refractivity contribution in [3.05, 3.63) is 0 Å². The molecule has 0 aliphatic heterocycles. The van der Waals surface area contributed by atoms with Gasteiger partial charge in [0.1, 0.15) is 0 Å². The molecule has 0 amide bonds. The van der Waals surface area contributed by atoms with Crippen molar-refractivity contribution in [1.82, 2.24) is 4.90 Å². The van der Waals surface area contributed by atoms with E-state index in [0.29, 0.717) is 0 Å². The highest BCUT2D eigenvalue weighted by Crippen LogP contribution is 1.72. The molecule has 0 N–H and O–H groups in total. The van der Waals surface area contributed by atoms with Gasteiger partial charge in [0, 0.05) is 15.9 Å². The van der Waals surface area contributed by atoms with Gasteiger partial charge >= 0.3 is 0 Å². The van der Waals surface area contributed by atoms with Gasteiger partial charge in [0.15, 0.2) is 0 Å². The van der Waals surface area contributed by atoms with Crippen LogP contribution in [0.2, 0.25) is 0 Å². The van der Waals surface area contributed by atoms with Gasteiger partial charge in [-0.15, -0.1) is 0 Å². The van der Waals surface area contributed by atoms with Crippen molar-refractivity contribution < 1.29 is 0 Å². The summed E-state index contributed by atoms with van der Waals surface area (Å²) in [5.74, 6) is 2.84. The third kappa shape index (κ3) is 6.00. The zero-order chi connectivity index (χ0) is 5.70. The van der Waals surface area contributed by atoms with Crippen molar-refractivity contribution >= 4 is 15.9 Å². The zero-order valence-corrected chi connectivity index (χ0v) is 6.12. The Morgan fingerprint density at radius 3 is 2.29 bits per heavy atom. The first-order valence-electron chi connectivity index (χ1n) is 2.00. The van der Waals surface area contributed by atoms with Gasteiger partial charge in [0.25, 0.3) is 0 Å². The van der Waals surface area contributed by atoms with E-state index < -0.39 is 0 Å². The summed E-state index contributed by atoms with van der Waals surface area (Å²) in [6, 6.07) is 0. The maximum Gasteiger partial charge on any atom is 0.0605 e. The summed E-state index contributed by atoms with van der Waals surface area (Å²) in [5, 5.41) is 0. The molecule has 7 heavy (non-hydrogen) atoms. The Morgan fingerprint density at radius 2 is 2.14 bits per heavy atom. The van der Waals surface area contributed by atoms with E-state index in [0.717, 1.165) is 6.54 Å². The maximum absolute atomic E-state index is 2.99. The Balaban J connectivity index is 3.08. The quantitative estimate of drug-likeness (QED) is 0.518. The summed E-state index contributed by atoms with van der Waals surface area (Å²) in [7, 11) is 3.97. The Kier molecular flexibility index (Phi) is 4.17. The van der Waals surface area contributed by atoms with Gasteiger partial charge in [-0.3, -0.25) is 4.90 Å². The van der Waals surface area contributed by atoms with Crippen LogP contribution in [0, 0.1) is 10.8 Å². The molecular formula is C5H8BrN. The first-order valence-corrected chi connectivity index (χ1v) is 2.80. The molecule has 0 fully saturated rings. The van der Waals surface area contributed by atoms with Crippen LogP contribution >= 0.6 is 15.9 Å². The summed E-state index contributed by atoms with van der Waals surface area (Å²) in [5.41, 5.74) is 0. The molecule has 0 atom stereocenters. The van der Waals surface area contributed by atoms with Crippen molar-refractivity contribution in [2.24, 2.45) is 0 Å². The van der Waals surface area contributed by atoms with E-state index >= 15 is 0 Å². The summed E-state index contributed by atoms with van der Waals surface area (Å²) in [6.45, 7) is 0.825. The van der Waals surface area contributed by atoms with Crippen LogP contribution in [0.3, 0.4) is 0 Å². The number of rotatable bonds is 1. The molecule has 2 heteroatoms. The summed E-state index contributed by atoms with van der Waals surface area (Å²) >= 11 is 2.99. The monoisotopic (exact) mass is 161 g/mol. The number of halogens is 1. The van der Waals surface area contributed by atoms with Crippen LogP contribution < -0.4 is 0 Å². The number of hydrogen-bond acceptors (Lipinski definition) is 1. The highest BCUT2D eigenvalue weighted by atomic mass is 79.9. The Labute approximate surface area is 52.8 Å². The van der Waals surface area contributed by atoms with Gasteiger partial charge in [-0.05, 0) is 18.9 Å². The van der Waals surface area contributed by atoms with Gasteiger partial charge in [-0.1, -0.05) is 5.92 Å². The lowest BCUT2D eigenvalue weighted by Crippen LogP contribution is -2.10. The van der Waals surface area contributed by atoms with Crippen molar-refractivity contribution in [2.45, 2.75) is 0 Å². The zero-order valence-electron chi connectivity index (χ0n) is 4.53. The average Bonchev–Trinajstić information content (AvgIpc) is 1.61. The molecule has 0 aliphatic rings. The van der Waals surface area contributed by atoms with Crippen molar-refractivity contribution in [3.8, 4) is 10.8 Å². The lowest BCUT2D eigenvalue weighted by atomic mass is 10.6. The minimum absolute atomic E-state index is 0.825. The maximum atomic E-state index is 2.99. The van der Waals surface area contributed by atoms with E-state index in [2.05, 4.69) is 26.7 Å². The predicted octanol–water partition coefficient (Wildman–Crippen LogP) is 0.904. The molecule has 0 aliphatic carbocycles. The normalized spacial score (nSPS) is 8.00. The third-order valence-corrected chi connectivity index (χ3v) is 0.742. The van der Waals surface area contributed by atoms with E-state index in [-0.39, 0.29) is 0 Å². The SMILES string of the molecule is CN(C)CC#CBr. The van der Waals surface area contributed by atoms with Crippen LogP contribution in [0.5, 0.6) is 0 Å². The average molecular weight is 162 g/mol. The topological polar surface area (TPSA) is 3.24 Å². The Bertz CT molecular complexity index is 88.0. The summed E-state index contributed by atoms with van der Waals surface area (Å²) < 4.78 is 0. The first-order chi connectivity index (χ1) is 3.27. The minimum Gasteiger partial charge on any atom is -0.298 e. The van der Waals surface area contributed by atoms with E-state index in [1.54, 1.807) is 0 Å².